The number of ether oxygens (including phenoxy) is 1. The van der Waals surface area contributed by atoms with Gasteiger partial charge >= 0.3 is 0 Å². The fraction of sp³-hybridized carbons (Fsp3) is 0.0769. The number of para-hydroxylation sites is 1. The van der Waals surface area contributed by atoms with Crippen molar-refractivity contribution in [1.82, 2.24) is 15.3 Å². The number of aliphatic imine (C=N–C) groups is 1. The number of hydrogen-bond donors (Lipinski definition) is 2. The molecule has 0 aliphatic rings. The van der Waals surface area contributed by atoms with E-state index in [-0.39, 0.29) is 17.8 Å². The Morgan fingerprint density at radius 3 is 2.21 bits per heavy atom. The molecule has 0 bridgehead atoms. The molecule has 0 spiro atoms. The van der Waals surface area contributed by atoms with E-state index in [2.05, 4.69) is 25.6 Å². The van der Waals surface area contributed by atoms with Crippen molar-refractivity contribution >= 4 is 35.1 Å². The topological polar surface area (TPSA) is 88.5 Å². The first kappa shape index (κ1) is 22.9. The summed E-state index contributed by atoms with van der Waals surface area (Å²) in [5.41, 5.74) is 2.63. The Balaban J connectivity index is 1.57. The number of hydrogen-bond acceptors (Lipinski definition) is 5. The van der Waals surface area contributed by atoms with Crippen LogP contribution in [0.2, 0.25) is 5.02 Å². The average Bonchev–Trinajstić information content (AvgIpc) is 2.80. The number of nitrogens with zero attached hydrogens (tertiary/aromatic N) is 3. The number of benzene rings is 3. The number of rotatable bonds is 5. The van der Waals surface area contributed by atoms with E-state index in [1.807, 2.05) is 74.5 Å². The second-order valence-corrected chi connectivity index (χ2v) is 7.88. The summed E-state index contributed by atoms with van der Waals surface area (Å²) in [6.45, 7) is 3.72. The number of anilines is 1. The molecule has 1 heterocycles. The number of amides is 1. The van der Waals surface area contributed by atoms with Crippen molar-refractivity contribution in [2.45, 2.75) is 13.8 Å². The molecule has 3 aromatic carbocycles. The third kappa shape index (κ3) is 6.40. The van der Waals surface area contributed by atoms with Crippen LogP contribution in [0.5, 0.6) is 11.5 Å². The molecule has 1 aromatic heterocycles. The van der Waals surface area contributed by atoms with Crippen molar-refractivity contribution in [1.29, 1.82) is 0 Å². The third-order valence-corrected chi connectivity index (χ3v) is 4.83. The van der Waals surface area contributed by atoms with Gasteiger partial charge in [0.2, 0.25) is 5.96 Å². The number of guanidine groups is 1. The van der Waals surface area contributed by atoms with Gasteiger partial charge in [-0.1, -0.05) is 35.9 Å². The normalized spacial score (nSPS) is 11.1. The van der Waals surface area contributed by atoms with Gasteiger partial charge in [0, 0.05) is 27.7 Å². The van der Waals surface area contributed by atoms with Gasteiger partial charge in [-0.05, 0) is 74.5 Å². The Kier molecular flexibility index (Phi) is 7.15. The molecule has 0 aliphatic heterocycles. The van der Waals surface area contributed by atoms with E-state index in [0.29, 0.717) is 22.0 Å². The van der Waals surface area contributed by atoms with Crippen LogP contribution in [0.3, 0.4) is 0 Å². The maximum Gasteiger partial charge on any atom is 0.258 e. The van der Waals surface area contributed by atoms with E-state index in [0.717, 1.165) is 17.1 Å². The fourth-order valence-corrected chi connectivity index (χ4v) is 3.31. The summed E-state index contributed by atoms with van der Waals surface area (Å²) in [7, 11) is 0. The molecule has 2 N–H and O–H groups in total. The van der Waals surface area contributed by atoms with Crippen molar-refractivity contribution in [3.63, 3.8) is 0 Å². The van der Waals surface area contributed by atoms with Crippen LogP contribution in [0.1, 0.15) is 21.7 Å². The number of carbonyl (C=O) groups is 1. The van der Waals surface area contributed by atoms with Gasteiger partial charge in [-0.3, -0.25) is 10.1 Å². The highest BCUT2D eigenvalue weighted by Crippen LogP contribution is 2.23. The van der Waals surface area contributed by atoms with Crippen LogP contribution in [0, 0.1) is 13.8 Å². The number of halogens is 1. The molecule has 0 saturated carbocycles. The summed E-state index contributed by atoms with van der Waals surface area (Å²) in [5.74, 6) is 1.45. The van der Waals surface area contributed by atoms with E-state index in [1.54, 1.807) is 24.3 Å². The molecular formula is C26H22ClN5O2. The van der Waals surface area contributed by atoms with Gasteiger partial charge in [0.1, 0.15) is 11.5 Å². The zero-order valence-electron chi connectivity index (χ0n) is 18.6. The van der Waals surface area contributed by atoms with Gasteiger partial charge in [0.05, 0.1) is 0 Å². The maximum atomic E-state index is 12.8. The van der Waals surface area contributed by atoms with Crippen LogP contribution in [-0.4, -0.2) is 21.8 Å². The van der Waals surface area contributed by atoms with Crippen LogP contribution in [0.25, 0.3) is 0 Å². The molecule has 0 saturated heterocycles. The van der Waals surface area contributed by atoms with Gasteiger partial charge in [0.15, 0.2) is 0 Å². The second-order valence-electron chi connectivity index (χ2n) is 7.44. The molecule has 8 heteroatoms. The molecular weight excluding hydrogens is 450 g/mol. The standard InChI is InChI=1S/C26H22ClN5O2/c1-17-15-18(2)29-25(28-17)32-26(31-24(33)19-7-6-8-20(27)16-19)30-21-11-13-23(14-12-21)34-22-9-4-3-5-10-22/h3-16H,1-2H3,(H2,28,29,30,31,32,33). The number of aryl methyl sites for hydroxylation is 2. The average molecular weight is 472 g/mol. The van der Waals surface area contributed by atoms with Crippen LogP contribution < -0.4 is 15.4 Å². The number of aromatic nitrogens is 2. The highest BCUT2D eigenvalue weighted by Gasteiger charge is 2.12. The molecule has 0 unspecified atom stereocenters. The zero-order valence-corrected chi connectivity index (χ0v) is 19.4. The predicted molar refractivity (Wildman–Crippen MR) is 134 cm³/mol. The lowest BCUT2D eigenvalue weighted by Gasteiger charge is -2.13. The second kappa shape index (κ2) is 10.6. The SMILES string of the molecule is Cc1cc(C)nc(/N=C(/NC(=O)c2cccc(Cl)c2)Nc2ccc(Oc3ccccc3)cc2)n1. The summed E-state index contributed by atoms with van der Waals surface area (Å²) in [5, 5.41) is 6.37. The van der Waals surface area contributed by atoms with E-state index in [1.165, 1.54) is 0 Å². The Morgan fingerprint density at radius 1 is 0.853 bits per heavy atom. The van der Waals surface area contributed by atoms with Gasteiger partial charge in [-0.2, -0.15) is 4.99 Å². The largest absolute Gasteiger partial charge is 0.457 e. The molecule has 0 fully saturated rings. The van der Waals surface area contributed by atoms with Gasteiger partial charge in [0.25, 0.3) is 11.9 Å². The van der Waals surface area contributed by atoms with Crippen LogP contribution in [0.4, 0.5) is 11.6 Å². The van der Waals surface area contributed by atoms with Gasteiger partial charge in [-0.15, -0.1) is 0 Å². The van der Waals surface area contributed by atoms with E-state index in [9.17, 15) is 4.79 Å². The number of nitrogens with one attached hydrogen (secondary N) is 2. The maximum absolute atomic E-state index is 12.8. The summed E-state index contributed by atoms with van der Waals surface area (Å²) in [4.78, 5) is 25.9. The lowest BCUT2D eigenvalue weighted by molar-refractivity contribution is 0.0977. The zero-order chi connectivity index (χ0) is 23.9. The Hall–Kier alpha value is -4.23. The molecule has 1 amide bonds. The fourth-order valence-electron chi connectivity index (χ4n) is 3.12. The van der Waals surface area contributed by atoms with Crippen molar-refractivity contribution in [2.24, 2.45) is 4.99 Å². The smallest absolute Gasteiger partial charge is 0.258 e. The molecule has 4 rings (SSSR count). The van der Waals surface area contributed by atoms with E-state index in [4.69, 9.17) is 16.3 Å². The summed E-state index contributed by atoms with van der Waals surface area (Å²) >= 11 is 6.03. The molecule has 34 heavy (non-hydrogen) atoms. The highest BCUT2D eigenvalue weighted by atomic mass is 35.5. The molecule has 7 nitrogen and oxygen atoms in total. The molecule has 0 radical (unpaired) electrons. The number of carbonyl (C=O) groups excluding carboxylic acids is 1. The summed E-state index contributed by atoms with van der Waals surface area (Å²) in [6.07, 6.45) is 0. The molecule has 4 aromatic rings. The minimum atomic E-state index is -0.373. The van der Waals surface area contributed by atoms with E-state index >= 15 is 0 Å². The first-order valence-electron chi connectivity index (χ1n) is 10.5. The van der Waals surface area contributed by atoms with Gasteiger partial charge in [-0.25, -0.2) is 9.97 Å². The first-order chi connectivity index (χ1) is 16.4. The van der Waals surface area contributed by atoms with Gasteiger partial charge < -0.3 is 10.1 Å². The Bertz CT molecular complexity index is 1300. The highest BCUT2D eigenvalue weighted by molar-refractivity contribution is 6.31. The third-order valence-electron chi connectivity index (χ3n) is 4.60. The summed E-state index contributed by atoms with van der Waals surface area (Å²) < 4.78 is 5.83. The molecule has 0 aliphatic carbocycles. The quantitative estimate of drug-likeness (QED) is 0.272. The lowest BCUT2D eigenvalue weighted by atomic mass is 10.2. The van der Waals surface area contributed by atoms with Crippen molar-refractivity contribution in [3.05, 3.63) is 107 Å². The van der Waals surface area contributed by atoms with Crippen LogP contribution >= 0.6 is 11.6 Å². The van der Waals surface area contributed by atoms with Crippen molar-refractivity contribution in [3.8, 4) is 11.5 Å². The Labute approximate surface area is 202 Å². The van der Waals surface area contributed by atoms with E-state index < -0.39 is 0 Å². The molecule has 0 atom stereocenters. The minimum absolute atomic E-state index is 0.173. The predicted octanol–water partition coefficient (Wildman–Crippen LogP) is 6.07. The van der Waals surface area contributed by atoms with Crippen LogP contribution in [0.15, 0.2) is 89.9 Å². The van der Waals surface area contributed by atoms with Crippen LogP contribution in [-0.2, 0) is 0 Å². The monoisotopic (exact) mass is 471 g/mol. The van der Waals surface area contributed by atoms with Crippen molar-refractivity contribution in [2.75, 3.05) is 5.32 Å². The van der Waals surface area contributed by atoms with Crippen molar-refractivity contribution < 1.29 is 9.53 Å². The first-order valence-corrected chi connectivity index (χ1v) is 10.9. The lowest BCUT2D eigenvalue weighted by Crippen LogP contribution is -2.36. The Morgan fingerprint density at radius 2 is 1.53 bits per heavy atom. The minimum Gasteiger partial charge on any atom is -0.457 e. The summed E-state index contributed by atoms with van der Waals surface area (Å²) in [6, 6.07) is 25.3. The molecule has 170 valence electrons.